The van der Waals surface area contributed by atoms with E-state index in [0.29, 0.717) is 23.9 Å². The average Bonchev–Trinajstić information content (AvgIpc) is 3.22. The average molecular weight is 409 g/mol. The molecule has 2 heterocycles. The highest BCUT2D eigenvalue weighted by Crippen LogP contribution is 2.26. The fourth-order valence-corrected chi connectivity index (χ4v) is 5.72. The van der Waals surface area contributed by atoms with Crippen molar-refractivity contribution in [2.45, 2.75) is 43.6 Å². The third-order valence-corrected chi connectivity index (χ3v) is 7.39. The monoisotopic (exact) mass is 408 g/mol. The zero-order valence-corrected chi connectivity index (χ0v) is 17.3. The van der Waals surface area contributed by atoms with Crippen LogP contribution in [0.15, 0.2) is 29.4 Å². The summed E-state index contributed by atoms with van der Waals surface area (Å²) in [7, 11) is -3.03. The molecule has 3 rings (SSSR count). The van der Waals surface area contributed by atoms with Crippen LogP contribution in [-0.2, 0) is 14.6 Å². The molecular formula is C18H24N4O3S2. The molecule has 1 amide bonds. The lowest BCUT2D eigenvalue weighted by molar-refractivity contribution is -0.131. The van der Waals surface area contributed by atoms with Crippen LogP contribution in [0.5, 0.6) is 0 Å². The van der Waals surface area contributed by atoms with Crippen molar-refractivity contribution in [2.75, 3.05) is 18.1 Å². The summed E-state index contributed by atoms with van der Waals surface area (Å²) in [6.45, 7) is 6.20. The Morgan fingerprint density at radius 3 is 2.67 bits per heavy atom. The minimum Gasteiger partial charge on any atom is -0.338 e. The molecule has 7 nitrogen and oxygen atoms in total. The second-order valence-electron chi connectivity index (χ2n) is 6.77. The summed E-state index contributed by atoms with van der Waals surface area (Å²) in [5.74, 6) is 0.795. The number of H-pyrrole nitrogens is 1. The van der Waals surface area contributed by atoms with E-state index in [1.54, 1.807) is 11.8 Å². The van der Waals surface area contributed by atoms with Crippen LogP contribution in [-0.4, -0.2) is 63.7 Å². The van der Waals surface area contributed by atoms with Gasteiger partial charge in [-0.25, -0.2) is 13.4 Å². The fraction of sp³-hybridized carbons (Fsp3) is 0.500. The number of thioether (sulfide) groups is 1. The maximum atomic E-state index is 12.8. The SMILES string of the molecule is CCN(C(=O)[C@@H](C)Sc1n[nH]c(-c2ccc(C)cc2)n1)[C@@H]1CCS(=O)(=O)C1. The topological polar surface area (TPSA) is 96.0 Å². The van der Waals surface area contributed by atoms with Gasteiger partial charge in [0.15, 0.2) is 15.7 Å². The molecule has 0 radical (unpaired) electrons. The van der Waals surface area contributed by atoms with Crippen LogP contribution in [0, 0.1) is 6.92 Å². The van der Waals surface area contributed by atoms with E-state index in [2.05, 4.69) is 15.2 Å². The van der Waals surface area contributed by atoms with Gasteiger partial charge in [-0.1, -0.05) is 41.6 Å². The molecule has 2 aromatic rings. The van der Waals surface area contributed by atoms with Gasteiger partial charge in [0.05, 0.1) is 16.8 Å². The molecule has 146 valence electrons. The molecule has 0 saturated carbocycles. The van der Waals surface area contributed by atoms with Crippen molar-refractivity contribution in [1.82, 2.24) is 20.1 Å². The lowest BCUT2D eigenvalue weighted by Crippen LogP contribution is -2.44. The van der Waals surface area contributed by atoms with Crippen molar-refractivity contribution in [2.24, 2.45) is 0 Å². The van der Waals surface area contributed by atoms with Crippen LogP contribution in [0.2, 0.25) is 0 Å². The van der Waals surface area contributed by atoms with Gasteiger partial charge in [-0.05, 0) is 27.2 Å². The molecule has 9 heteroatoms. The summed E-state index contributed by atoms with van der Waals surface area (Å²) in [5, 5.41) is 7.22. The minimum atomic E-state index is -3.03. The number of hydrogen-bond donors (Lipinski definition) is 1. The molecule has 1 fully saturated rings. The summed E-state index contributed by atoms with van der Waals surface area (Å²) in [4.78, 5) is 19.0. The number of aryl methyl sites for hydroxylation is 1. The molecule has 0 spiro atoms. The first kappa shape index (κ1) is 19.9. The Morgan fingerprint density at radius 1 is 1.37 bits per heavy atom. The maximum Gasteiger partial charge on any atom is 0.236 e. The van der Waals surface area contributed by atoms with Gasteiger partial charge in [-0.2, -0.15) is 0 Å². The Kier molecular flexibility index (Phi) is 5.90. The first-order valence-electron chi connectivity index (χ1n) is 8.96. The molecule has 1 aromatic carbocycles. The van der Waals surface area contributed by atoms with E-state index in [4.69, 9.17) is 0 Å². The number of benzene rings is 1. The Hall–Kier alpha value is -1.87. The largest absolute Gasteiger partial charge is 0.338 e. The number of nitrogens with one attached hydrogen (secondary N) is 1. The van der Waals surface area contributed by atoms with Gasteiger partial charge in [0.1, 0.15) is 0 Å². The fourth-order valence-electron chi connectivity index (χ4n) is 3.20. The first-order chi connectivity index (χ1) is 12.8. The zero-order valence-electron chi connectivity index (χ0n) is 15.7. The van der Waals surface area contributed by atoms with Gasteiger partial charge in [-0.15, -0.1) is 5.10 Å². The van der Waals surface area contributed by atoms with Crippen LogP contribution in [0.25, 0.3) is 11.4 Å². The highest BCUT2D eigenvalue weighted by Gasteiger charge is 2.35. The van der Waals surface area contributed by atoms with Crippen molar-refractivity contribution in [3.8, 4) is 11.4 Å². The minimum absolute atomic E-state index is 0.0577. The third kappa shape index (κ3) is 4.70. The molecule has 2 atom stereocenters. The number of sulfone groups is 1. The number of carbonyl (C=O) groups is 1. The van der Waals surface area contributed by atoms with E-state index in [1.807, 2.05) is 38.1 Å². The number of nitrogens with zero attached hydrogens (tertiary/aromatic N) is 3. The molecule has 1 aliphatic rings. The van der Waals surface area contributed by atoms with E-state index in [0.717, 1.165) is 5.56 Å². The number of hydrogen-bond acceptors (Lipinski definition) is 6. The van der Waals surface area contributed by atoms with Crippen molar-refractivity contribution in [1.29, 1.82) is 0 Å². The van der Waals surface area contributed by atoms with E-state index in [9.17, 15) is 13.2 Å². The molecule has 1 aromatic heterocycles. The van der Waals surface area contributed by atoms with Gasteiger partial charge in [0.25, 0.3) is 0 Å². The van der Waals surface area contributed by atoms with Crippen molar-refractivity contribution in [3.05, 3.63) is 29.8 Å². The first-order valence-corrected chi connectivity index (χ1v) is 11.7. The number of rotatable bonds is 6. The van der Waals surface area contributed by atoms with E-state index in [-0.39, 0.29) is 23.5 Å². The van der Waals surface area contributed by atoms with Crippen molar-refractivity contribution >= 4 is 27.5 Å². The molecule has 0 aliphatic carbocycles. The molecule has 1 saturated heterocycles. The van der Waals surface area contributed by atoms with Crippen molar-refractivity contribution in [3.63, 3.8) is 0 Å². The summed E-state index contributed by atoms with van der Waals surface area (Å²) in [5.41, 5.74) is 2.10. The van der Waals surface area contributed by atoms with Gasteiger partial charge >= 0.3 is 0 Å². The second-order valence-corrected chi connectivity index (χ2v) is 10.3. The van der Waals surface area contributed by atoms with Gasteiger partial charge in [-0.3, -0.25) is 9.89 Å². The Morgan fingerprint density at radius 2 is 2.07 bits per heavy atom. The summed E-state index contributed by atoms with van der Waals surface area (Å²) < 4.78 is 23.5. The lowest BCUT2D eigenvalue weighted by atomic mass is 10.1. The number of carbonyl (C=O) groups excluding carboxylic acids is 1. The normalized spacial score (nSPS) is 19.7. The van der Waals surface area contributed by atoms with Crippen LogP contribution in [0.1, 0.15) is 25.8 Å². The molecule has 27 heavy (non-hydrogen) atoms. The molecule has 0 unspecified atom stereocenters. The van der Waals surface area contributed by atoms with Crippen LogP contribution in [0.4, 0.5) is 0 Å². The standard InChI is InChI=1S/C18H24N4O3S2/c1-4-22(15-9-10-27(24,25)11-15)17(23)13(3)26-18-19-16(20-21-18)14-7-5-12(2)6-8-14/h5-8,13,15H,4,9-11H2,1-3H3,(H,19,20,21)/t13-,15-/m1/s1. The molecule has 1 aliphatic heterocycles. The summed E-state index contributed by atoms with van der Waals surface area (Å²) >= 11 is 1.28. The molecular weight excluding hydrogens is 384 g/mol. The summed E-state index contributed by atoms with van der Waals surface area (Å²) in [6, 6.07) is 7.72. The van der Waals surface area contributed by atoms with E-state index in [1.165, 1.54) is 17.3 Å². The van der Waals surface area contributed by atoms with Crippen LogP contribution >= 0.6 is 11.8 Å². The Bertz CT molecular complexity index is 909. The quantitative estimate of drug-likeness (QED) is 0.737. The Balaban J connectivity index is 1.66. The van der Waals surface area contributed by atoms with Crippen molar-refractivity contribution < 1.29 is 13.2 Å². The predicted molar refractivity (Wildman–Crippen MR) is 106 cm³/mol. The number of amides is 1. The van der Waals surface area contributed by atoms with Gasteiger partial charge in [0, 0.05) is 18.2 Å². The Labute approximate surface area is 163 Å². The second kappa shape index (κ2) is 8.02. The third-order valence-electron chi connectivity index (χ3n) is 4.69. The van der Waals surface area contributed by atoms with E-state index < -0.39 is 15.1 Å². The molecule has 0 bridgehead atoms. The smallest absolute Gasteiger partial charge is 0.236 e. The predicted octanol–water partition coefficient (Wildman–Crippen LogP) is 2.30. The maximum absolute atomic E-state index is 12.8. The van der Waals surface area contributed by atoms with Crippen LogP contribution in [0.3, 0.4) is 0 Å². The highest BCUT2D eigenvalue weighted by atomic mass is 32.2. The van der Waals surface area contributed by atoms with Crippen LogP contribution < -0.4 is 0 Å². The number of aromatic nitrogens is 3. The lowest BCUT2D eigenvalue weighted by Gasteiger charge is -2.29. The van der Waals surface area contributed by atoms with Gasteiger partial charge in [0.2, 0.25) is 11.1 Å². The zero-order chi connectivity index (χ0) is 19.6. The molecule has 1 N–H and O–H groups in total. The highest BCUT2D eigenvalue weighted by molar-refractivity contribution is 8.00. The summed E-state index contributed by atoms with van der Waals surface area (Å²) in [6.07, 6.45) is 0.511. The van der Waals surface area contributed by atoms with Gasteiger partial charge < -0.3 is 4.90 Å². The number of aromatic amines is 1. The van der Waals surface area contributed by atoms with E-state index >= 15 is 0 Å².